The minimum atomic E-state index is -1.01. The van der Waals surface area contributed by atoms with Gasteiger partial charge in [0.25, 0.3) is 0 Å². The van der Waals surface area contributed by atoms with E-state index in [-0.39, 0.29) is 23.0 Å². The lowest BCUT2D eigenvalue weighted by molar-refractivity contribution is 0.0686. The first-order chi connectivity index (χ1) is 16.8. The summed E-state index contributed by atoms with van der Waals surface area (Å²) in [6.07, 6.45) is 0. The van der Waals surface area contributed by atoms with Crippen molar-refractivity contribution in [1.29, 1.82) is 0 Å². The van der Waals surface area contributed by atoms with E-state index in [1.165, 1.54) is 24.3 Å². The molecule has 10 heteroatoms. The molecule has 0 bridgehead atoms. The van der Waals surface area contributed by atoms with Gasteiger partial charge in [-0.1, -0.05) is 0 Å². The van der Waals surface area contributed by atoms with Gasteiger partial charge < -0.3 is 25.7 Å². The maximum atomic E-state index is 11.1. The molecule has 0 radical (unpaired) electrons. The van der Waals surface area contributed by atoms with Crippen molar-refractivity contribution in [1.82, 2.24) is 15.0 Å². The molecule has 1 aromatic heterocycles. The summed E-state index contributed by atoms with van der Waals surface area (Å²) < 4.78 is 0. The molecule has 1 heterocycles. The highest BCUT2D eigenvalue weighted by atomic mass is 16.4. The average Bonchev–Trinajstić information content (AvgIpc) is 2.84. The van der Waals surface area contributed by atoms with Gasteiger partial charge in [-0.05, 0) is 72.8 Å². The van der Waals surface area contributed by atoms with Crippen LogP contribution in [0.3, 0.4) is 0 Å². The van der Waals surface area contributed by atoms with Crippen molar-refractivity contribution in [3.63, 3.8) is 0 Å². The van der Waals surface area contributed by atoms with E-state index in [0.29, 0.717) is 17.2 Å². The molecule has 0 unspecified atom stereocenters. The predicted octanol–water partition coefficient (Wildman–Crippen LogP) is 4.49. The molecular formula is C25H22N6O4. The van der Waals surface area contributed by atoms with Gasteiger partial charge in [0.15, 0.2) is 5.82 Å². The number of anilines is 5. The van der Waals surface area contributed by atoms with E-state index in [2.05, 4.69) is 25.6 Å². The average molecular weight is 470 g/mol. The van der Waals surface area contributed by atoms with Crippen molar-refractivity contribution in [2.45, 2.75) is 0 Å². The SMILES string of the molecule is CN(C)c1ccc(-c2nc(Nc3ccc(C(=O)O)cc3)nc(Nc3ccc(C(=O)O)cc3)n2)cc1. The molecule has 0 atom stereocenters. The Bertz CT molecular complexity index is 1280. The van der Waals surface area contributed by atoms with Crippen LogP contribution < -0.4 is 15.5 Å². The van der Waals surface area contributed by atoms with Gasteiger partial charge in [0, 0.05) is 36.7 Å². The maximum Gasteiger partial charge on any atom is 0.335 e. The summed E-state index contributed by atoms with van der Waals surface area (Å²) in [6, 6.07) is 20.1. The van der Waals surface area contributed by atoms with E-state index in [4.69, 9.17) is 10.2 Å². The van der Waals surface area contributed by atoms with E-state index >= 15 is 0 Å². The first kappa shape index (κ1) is 23.2. The number of hydrogen-bond acceptors (Lipinski definition) is 8. The molecule has 35 heavy (non-hydrogen) atoms. The minimum Gasteiger partial charge on any atom is -0.478 e. The zero-order valence-electron chi connectivity index (χ0n) is 18.9. The predicted molar refractivity (Wildman–Crippen MR) is 133 cm³/mol. The number of benzene rings is 3. The fourth-order valence-corrected chi connectivity index (χ4v) is 3.18. The van der Waals surface area contributed by atoms with Gasteiger partial charge >= 0.3 is 11.9 Å². The van der Waals surface area contributed by atoms with Crippen LogP contribution in [0.15, 0.2) is 72.8 Å². The molecule has 4 aromatic rings. The Kier molecular flexibility index (Phi) is 6.54. The number of rotatable bonds is 8. The molecule has 176 valence electrons. The zero-order chi connectivity index (χ0) is 24.9. The second-order valence-electron chi connectivity index (χ2n) is 7.76. The summed E-state index contributed by atoms with van der Waals surface area (Å²) >= 11 is 0. The van der Waals surface area contributed by atoms with Crippen molar-refractivity contribution in [2.75, 3.05) is 29.6 Å². The highest BCUT2D eigenvalue weighted by Crippen LogP contribution is 2.24. The Hall–Kier alpha value is -4.99. The number of carboxylic acid groups (broad SMARTS) is 2. The number of carbonyl (C=O) groups is 2. The largest absolute Gasteiger partial charge is 0.478 e. The second-order valence-corrected chi connectivity index (χ2v) is 7.76. The molecule has 0 fully saturated rings. The van der Waals surface area contributed by atoms with Crippen molar-refractivity contribution in [3.8, 4) is 11.4 Å². The number of hydrogen-bond donors (Lipinski definition) is 4. The number of carboxylic acids is 2. The molecule has 4 rings (SSSR count). The highest BCUT2D eigenvalue weighted by molar-refractivity contribution is 5.88. The van der Waals surface area contributed by atoms with Crippen LogP contribution in [-0.4, -0.2) is 51.2 Å². The number of nitrogens with zero attached hydrogens (tertiary/aromatic N) is 4. The fraction of sp³-hybridized carbons (Fsp3) is 0.0800. The lowest BCUT2D eigenvalue weighted by Gasteiger charge is -2.13. The standard InChI is InChI=1S/C25H22N6O4/c1-31(2)20-13-7-15(8-14-20)21-28-24(26-18-9-3-16(4-10-18)22(32)33)30-25(29-21)27-19-11-5-17(6-12-19)23(34)35/h3-14H,1-2H3,(H,32,33)(H,34,35)(H2,26,27,28,29,30). The van der Waals surface area contributed by atoms with Gasteiger partial charge in [0.1, 0.15) is 0 Å². The van der Waals surface area contributed by atoms with E-state index in [1.807, 2.05) is 43.3 Å². The van der Waals surface area contributed by atoms with Gasteiger partial charge in [-0.3, -0.25) is 0 Å². The van der Waals surface area contributed by atoms with Crippen LogP contribution in [0.2, 0.25) is 0 Å². The third-order valence-corrected chi connectivity index (χ3v) is 5.05. The van der Waals surface area contributed by atoms with Gasteiger partial charge in [-0.25, -0.2) is 9.59 Å². The Morgan fingerprint density at radius 3 is 1.46 bits per heavy atom. The van der Waals surface area contributed by atoms with Crippen molar-refractivity contribution in [3.05, 3.63) is 83.9 Å². The van der Waals surface area contributed by atoms with E-state index in [9.17, 15) is 9.59 Å². The fourth-order valence-electron chi connectivity index (χ4n) is 3.18. The second kappa shape index (κ2) is 9.87. The van der Waals surface area contributed by atoms with Gasteiger partial charge in [-0.15, -0.1) is 0 Å². The summed E-state index contributed by atoms with van der Waals surface area (Å²) in [4.78, 5) is 37.7. The summed E-state index contributed by atoms with van der Waals surface area (Å²) in [5.41, 5.74) is 3.34. The molecule has 0 aliphatic heterocycles. The monoisotopic (exact) mass is 470 g/mol. The Labute approximate surface area is 200 Å². The van der Waals surface area contributed by atoms with Gasteiger partial charge in [0.05, 0.1) is 11.1 Å². The van der Waals surface area contributed by atoms with Gasteiger partial charge in [-0.2, -0.15) is 15.0 Å². The molecule has 0 saturated heterocycles. The Morgan fingerprint density at radius 2 is 1.09 bits per heavy atom. The normalized spacial score (nSPS) is 10.5. The van der Waals surface area contributed by atoms with Crippen molar-refractivity contribution < 1.29 is 19.8 Å². The summed E-state index contributed by atoms with van der Waals surface area (Å²) in [7, 11) is 3.90. The topological polar surface area (TPSA) is 141 Å². The Morgan fingerprint density at radius 1 is 0.657 bits per heavy atom. The smallest absolute Gasteiger partial charge is 0.335 e. The van der Waals surface area contributed by atoms with E-state index in [1.54, 1.807) is 24.3 Å². The third-order valence-electron chi connectivity index (χ3n) is 5.05. The molecule has 0 aliphatic carbocycles. The van der Waals surface area contributed by atoms with Crippen LogP contribution in [0.5, 0.6) is 0 Å². The molecule has 0 saturated carbocycles. The highest BCUT2D eigenvalue weighted by Gasteiger charge is 2.11. The molecule has 0 aliphatic rings. The first-order valence-electron chi connectivity index (χ1n) is 10.5. The van der Waals surface area contributed by atoms with Crippen LogP contribution in [0.25, 0.3) is 11.4 Å². The molecule has 0 amide bonds. The number of aromatic carboxylic acids is 2. The minimum absolute atomic E-state index is 0.167. The molecule has 4 N–H and O–H groups in total. The zero-order valence-corrected chi connectivity index (χ0v) is 18.9. The lowest BCUT2D eigenvalue weighted by Crippen LogP contribution is -2.08. The van der Waals surface area contributed by atoms with Crippen LogP contribution >= 0.6 is 0 Å². The van der Waals surface area contributed by atoms with Crippen LogP contribution in [0.4, 0.5) is 29.0 Å². The van der Waals surface area contributed by atoms with Crippen molar-refractivity contribution in [2.24, 2.45) is 0 Å². The van der Waals surface area contributed by atoms with Crippen LogP contribution in [0.1, 0.15) is 20.7 Å². The maximum absolute atomic E-state index is 11.1. The van der Waals surface area contributed by atoms with Crippen molar-refractivity contribution >= 4 is 40.9 Å². The summed E-state index contributed by atoms with van der Waals surface area (Å²) in [5.74, 6) is -1.11. The van der Waals surface area contributed by atoms with E-state index in [0.717, 1.165) is 11.3 Å². The van der Waals surface area contributed by atoms with Crippen LogP contribution in [0, 0.1) is 0 Å². The van der Waals surface area contributed by atoms with Crippen LogP contribution in [-0.2, 0) is 0 Å². The third kappa shape index (κ3) is 5.69. The number of nitrogens with one attached hydrogen (secondary N) is 2. The molecule has 10 nitrogen and oxygen atoms in total. The summed E-state index contributed by atoms with van der Waals surface area (Å²) in [6.45, 7) is 0. The molecule has 3 aromatic carbocycles. The summed E-state index contributed by atoms with van der Waals surface area (Å²) in [5, 5.41) is 24.4. The molecular weight excluding hydrogens is 448 g/mol. The first-order valence-corrected chi connectivity index (χ1v) is 10.5. The molecule has 0 spiro atoms. The van der Waals surface area contributed by atoms with Gasteiger partial charge in [0.2, 0.25) is 11.9 Å². The lowest BCUT2D eigenvalue weighted by atomic mass is 10.2. The quantitative estimate of drug-likeness (QED) is 0.291. The van der Waals surface area contributed by atoms with E-state index < -0.39 is 11.9 Å². The number of aromatic nitrogens is 3. The Balaban J connectivity index is 1.68.